The van der Waals surface area contributed by atoms with E-state index in [4.69, 9.17) is 4.74 Å². The topological polar surface area (TPSA) is 17.4 Å². The third kappa shape index (κ3) is 5.28. The van der Waals surface area contributed by atoms with Crippen molar-refractivity contribution in [2.24, 2.45) is 0 Å². The van der Waals surface area contributed by atoms with Crippen LogP contribution in [0, 0.1) is 0 Å². The van der Waals surface area contributed by atoms with E-state index in [9.17, 15) is 0 Å². The Morgan fingerprint density at radius 1 is 0.344 bits per heavy atom. The highest BCUT2D eigenvalue weighted by Crippen LogP contribution is 2.62. The van der Waals surface area contributed by atoms with Gasteiger partial charge in [-0.2, -0.15) is 0 Å². The number of hydrogen-bond acceptors (Lipinski definition) is 2. The van der Waals surface area contributed by atoms with Gasteiger partial charge in [0.2, 0.25) is 0 Å². The van der Waals surface area contributed by atoms with Crippen LogP contribution in [0.2, 0.25) is 0 Å². The van der Waals surface area contributed by atoms with Crippen LogP contribution in [0.3, 0.4) is 0 Å². The third-order valence-electron chi connectivity index (χ3n) is 13.5. The Kier molecular flexibility index (Phi) is 8.13. The van der Waals surface area contributed by atoms with Gasteiger partial charge in [-0.25, -0.2) is 0 Å². The van der Waals surface area contributed by atoms with Crippen molar-refractivity contribution >= 4 is 38.9 Å². The summed E-state index contributed by atoms with van der Waals surface area (Å²) in [5, 5.41) is 2.45. The van der Waals surface area contributed by atoms with Gasteiger partial charge in [0.25, 0.3) is 0 Å². The molecule has 3 heteroatoms. The average molecular weight is 817 g/mol. The minimum absolute atomic E-state index is 0.525. The van der Waals surface area contributed by atoms with E-state index in [1.165, 1.54) is 49.7 Å². The van der Waals surface area contributed by atoms with Gasteiger partial charge in [0.15, 0.2) is 0 Å². The van der Waals surface area contributed by atoms with Crippen molar-refractivity contribution in [3.8, 4) is 50.6 Å². The Labute approximate surface area is 372 Å². The maximum Gasteiger partial charge on any atom is 0.132 e. The summed E-state index contributed by atoms with van der Waals surface area (Å²) in [5.74, 6) is 1.79. The van der Waals surface area contributed by atoms with Gasteiger partial charge in [-0.15, -0.1) is 0 Å². The molecular weight excluding hydrogens is 777 g/mol. The first-order chi connectivity index (χ1) is 31.8. The molecule has 0 radical (unpaired) electrons. The predicted molar refractivity (Wildman–Crippen MR) is 264 cm³/mol. The van der Waals surface area contributed by atoms with Gasteiger partial charge in [0.1, 0.15) is 11.5 Å². The molecule has 300 valence electrons. The zero-order chi connectivity index (χ0) is 42.2. The van der Waals surface area contributed by atoms with Crippen molar-refractivity contribution in [3.05, 3.63) is 265 Å². The molecule has 0 saturated carbocycles. The standard InChI is InChI=1S/C61H40N2O/c1-3-19-41(20-4-1)45-23-8-14-30-55(45)63(44-36-37-49-48-26-10-16-32-57(48)62(58(49)40-44)43-21-5-2-6-22-43)56-31-15-9-24-46(56)42-35-38-52-50(39-42)47-25-7-11-27-51(47)61(52)53-28-12-17-33-59(53)64-60-34-18-13-29-54(60)61/h1-40H. The van der Waals surface area contributed by atoms with E-state index in [0.29, 0.717) is 0 Å². The molecule has 10 aromatic carbocycles. The van der Waals surface area contributed by atoms with Crippen LogP contribution >= 0.6 is 0 Å². The van der Waals surface area contributed by atoms with E-state index in [0.717, 1.165) is 62.0 Å². The average Bonchev–Trinajstić information content (AvgIpc) is 3.85. The van der Waals surface area contributed by atoms with Crippen LogP contribution in [-0.2, 0) is 5.41 Å². The number of nitrogens with zero attached hydrogens (tertiary/aromatic N) is 2. The van der Waals surface area contributed by atoms with Crippen LogP contribution in [-0.4, -0.2) is 4.57 Å². The number of fused-ring (bicyclic) bond motifs is 12. The fraction of sp³-hybridized carbons (Fsp3) is 0.0164. The van der Waals surface area contributed by atoms with Crippen LogP contribution in [0.15, 0.2) is 243 Å². The van der Waals surface area contributed by atoms with Crippen molar-refractivity contribution in [2.75, 3.05) is 4.90 Å². The monoisotopic (exact) mass is 816 g/mol. The quantitative estimate of drug-likeness (QED) is 0.166. The Morgan fingerprint density at radius 3 is 1.59 bits per heavy atom. The molecule has 1 aromatic heterocycles. The summed E-state index contributed by atoms with van der Waals surface area (Å²) in [6, 6.07) is 88.2. The lowest BCUT2D eigenvalue weighted by molar-refractivity contribution is 0.436. The highest BCUT2D eigenvalue weighted by Gasteiger charge is 2.51. The fourth-order valence-corrected chi connectivity index (χ4v) is 10.8. The second kappa shape index (κ2) is 14.3. The van der Waals surface area contributed by atoms with Gasteiger partial charge in [0.05, 0.1) is 27.8 Å². The highest BCUT2D eigenvalue weighted by atomic mass is 16.5. The Bertz CT molecular complexity index is 3560. The minimum atomic E-state index is -0.525. The van der Waals surface area contributed by atoms with E-state index >= 15 is 0 Å². The number of anilines is 3. The second-order valence-electron chi connectivity index (χ2n) is 16.8. The zero-order valence-corrected chi connectivity index (χ0v) is 34.9. The van der Waals surface area contributed by atoms with Crippen molar-refractivity contribution in [2.45, 2.75) is 5.41 Å². The van der Waals surface area contributed by atoms with Gasteiger partial charge >= 0.3 is 0 Å². The summed E-state index contributed by atoms with van der Waals surface area (Å²) in [6.07, 6.45) is 0. The van der Waals surface area contributed by atoms with Crippen molar-refractivity contribution in [1.29, 1.82) is 0 Å². The Hall–Kier alpha value is -8.40. The lowest BCUT2D eigenvalue weighted by atomic mass is 9.66. The zero-order valence-electron chi connectivity index (χ0n) is 34.9. The Morgan fingerprint density at radius 2 is 0.875 bits per heavy atom. The molecule has 3 nitrogen and oxygen atoms in total. The first-order valence-corrected chi connectivity index (χ1v) is 22.0. The SMILES string of the molecule is c1ccc(-c2ccccc2N(c2ccc3c4ccccc4n(-c4ccccc4)c3c2)c2ccccc2-c2ccc3c(c2)-c2ccccc2C32c3ccccc3Oc3ccccc32)cc1. The number of hydrogen-bond donors (Lipinski definition) is 0. The van der Waals surface area contributed by atoms with E-state index in [1.54, 1.807) is 0 Å². The van der Waals surface area contributed by atoms with Crippen LogP contribution in [0.1, 0.15) is 22.3 Å². The van der Waals surface area contributed by atoms with Crippen LogP contribution < -0.4 is 9.64 Å². The summed E-state index contributed by atoms with van der Waals surface area (Å²) >= 11 is 0. The summed E-state index contributed by atoms with van der Waals surface area (Å²) in [6.45, 7) is 0. The molecule has 1 aliphatic heterocycles. The molecule has 13 rings (SSSR count). The smallest absolute Gasteiger partial charge is 0.132 e. The normalized spacial score (nSPS) is 12.9. The van der Waals surface area contributed by atoms with E-state index in [2.05, 4.69) is 252 Å². The second-order valence-corrected chi connectivity index (χ2v) is 16.8. The molecule has 2 heterocycles. The van der Waals surface area contributed by atoms with Gasteiger partial charge in [-0.1, -0.05) is 182 Å². The Balaban J connectivity index is 1.06. The molecule has 11 aromatic rings. The van der Waals surface area contributed by atoms with Gasteiger partial charge in [0, 0.05) is 44.4 Å². The summed E-state index contributed by atoms with van der Waals surface area (Å²) in [4.78, 5) is 2.47. The predicted octanol–water partition coefficient (Wildman–Crippen LogP) is 16.1. The maximum absolute atomic E-state index is 6.62. The molecule has 1 spiro atoms. The molecule has 0 atom stereocenters. The summed E-state index contributed by atoms with van der Waals surface area (Å²) in [5.41, 5.74) is 18.2. The largest absolute Gasteiger partial charge is 0.457 e. The lowest BCUT2D eigenvalue weighted by Crippen LogP contribution is -2.32. The van der Waals surface area contributed by atoms with Gasteiger partial charge < -0.3 is 14.2 Å². The molecule has 0 fully saturated rings. The molecule has 0 saturated heterocycles. The van der Waals surface area contributed by atoms with Crippen LogP contribution in [0.4, 0.5) is 17.1 Å². The molecule has 0 unspecified atom stereocenters. The first kappa shape index (κ1) is 36.3. The van der Waals surface area contributed by atoms with Gasteiger partial charge in [-0.05, 0) is 94.0 Å². The first-order valence-electron chi connectivity index (χ1n) is 22.0. The summed E-state index contributed by atoms with van der Waals surface area (Å²) < 4.78 is 9.03. The number of aromatic nitrogens is 1. The number of benzene rings is 10. The molecule has 0 bridgehead atoms. The molecule has 1 aliphatic carbocycles. The van der Waals surface area contributed by atoms with E-state index < -0.39 is 5.41 Å². The maximum atomic E-state index is 6.62. The minimum Gasteiger partial charge on any atom is -0.457 e. The lowest BCUT2D eigenvalue weighted by Gasteiger charge is -2.39. The number of ether oxygens (including phenoxy) is 1. The van der Waals surface area contributed by atoms with Gasteiger partial charge in [-0.3, -0.25) is 0 Å². The van der Waals surface area contributed by atoms with Crippen LogP contribution in [0.5, 0.6) is 11.5 Å². The molecule has 0 N–H and O–H groups in total. The highest BCUT2D eigenvalue weighted by molar-refractivity contribution is 6.11. The van der Waals surface area contributed by atoms with Crippen molar-refractivity contribution in [3.63, 3.8) is 0 Å². The van der Waals surface area contributed by atoms with Crippen molar-refractivity contribution in [1.82, 2.24) is 4.57 Å². The molecule has 2 aliphatic rings. The number of rotatable bonds is 6. The third-order valence-corrected chi connectivity index (χ3v) is 13.5. The molecular formula is C61H40N2O. The fourth-order valence-electron chi connectivity index (χ4n) is 10.8. The molecule has 0 amide bonds. The van der Waals surface area contributed by atoms with E-state index in [1.807, 2.05) is 0 Å². The van der Waals surface area contributed by atoms with Crippen molar-refractivity contribution < 1.29 is 4.74 Å². The van der Waals surface area contributed by atoms with Crippen LogP contribution in [0.25, 0.3) is 60.9 Å². The van der Waals surface area contributed by atoms with E-state index in [-0.39, 0.29) is 0 Å². The number of para-hydroxylation sites is 6. The summed E-state index contributed by atoms with van der Waals surface area (Å²) in [7, 11) is 0. The molecule has 64 heavy (non-hydrogen) atoms.